The fourth-order valence-corrected chi connectivity index (χ4v) is 2.04. The Morgan fingerprint density at radius 3 is 2.82 bits per heavy atom. The molecule has 0 aliphatic carbocycles. The summed E-state index contributed by atoms with van der Waals surface area (Å²) in [6.45, 7) is 5.04. The molecule has 17 heavy (non-hydrogen) atoms. The molecule has 1 N–H and O–H groups in total. The first-order valence-electron chi connectivity index (χ1n) is 5.74. The van der Waals surface area contributed by atoms with Crippen LogP contribution < -0.4 is 5.32 Å². The smallest absolute Gasteiger partial charge is 0.252 e. The number of amides is 1. The number of nitrogens with one attached hydrogen (secondary N) is 1. The van der Waals surface area contributed by atoms with Gasteiger partial charge in [0.1, 0.15) is 0 Å². The summed E-state index contributed by atoms with van der Waals surface area (Å²) >= 11 is 9.30. The predicted molar refractivity (Wildman–Crippen MR) is 75.6 cm³/mol. The van der Waals surface area contributed by atoms with Crippen molar-refractivity contribution >= 4 is 33.4 Å². The van der Waals surface area contributed by atoms with Crippen molar-refractivity contribution < 1.29 is 4.79 Å². The number of carbonyl (C=O) groups excluding carboxylic acids is 1. The van der Waals surface area contributed by atoms with Gasteiger partial charge in [-0.3, -0.25) is 4.79 Å². The lowest BCUT2D eigenvalue weighted by molar-refractivity contribution is 0.0952. The van der Waals surface area contributed by atoms with Gasteiger partial charge in [-0.05, 0) is 37.0 Å². The van der Waals surface area contributed by atoms with E-state index >= 15 is 0 Å². The van der Waals surface area contributed by atoms with Gasteiger partial charge in [0.05, 0.1) is 10.6 Å². The number of hydrogen-bond acceptors (Lipinski definition) is 1. The summed E-state index contributed by atoms with van der Waals surface area (Å²) in [5.41, 5.74) is 0.519. The summed E-state index contributed by atoms with van der Waals surface area (Å²) < 4.78 is 0.856. The number of rotatable bonds is 5. The van der Waals surface area contributed by atoms with Gasteiger partial charge < -0.3 is 5.32 Å². The third-order valence-corrected chi connectivity index (χ3v) is 3.24. The highest BCUT2D eigenvalue weighted by molar-refractivity contribution is 9.10. The third-order valence-electron chi connectivity index (χ3n) is 2.42. The first-order valence-corrected chi connectivity index (χ1v) is 6.91. The van der Waals surface area contributed by atoms with E-state index in [1.54, 1.807) is 12.1 Å². The number of hydrogen-bond donors (Lipinski definition) is 1. The van der Waals surface area contributed by atoms with Crippen LogP contribution in [-0.2, 0) is 0 Å². The quantitative estimate of drug-likeness (QED) is 0.807. The number of benzene rings is 1. The second-order valence-corrected chi connectivity index (χ2v) is 5.74. The normalized spacial score (nSPS) is 10.6. The largest absolute Gasteiger partial charge is 0.352 e. The van der Waals surface area contributed by atoms with Gasteiger partial charge in [-0.1, -0.05) is 41.4 Å². The molecule has 2 nitrogen and oxygen atoms in total. The maximum atomic E-state index is 11.8. The van der Waals surface area contributed by atoms with E-state index in [0.29, 0.717) is 23.0 Å². The zero-order valence-corrected chi connectivity index (χ0v) is 12.4. The van der Waals surface area contributed by atoms with Crippen LogP contribution in [0.15, 0.2) is 22.7 Å². The highest BCUT2D eigenvalue weighted by Gasteiger charge is 2.10. The number of halogens is 2. The molecule has 1 aromatic rings. The topological polar surface area (TPSA) is 29.1 Å². The molecule has 0 fully saturated rings. The molecule has 0 spiro atoms. The first-order chi connectivity index (χ1) is 8.00. The average Bonchev–Trinajstić information content (AvgIpc) is 2.27. The van der Waals surface area contributed by atoms with Crippen LogP contribution >= 0.6 is 27.5 Å². The van der Waals surface area contributed by atoms with E-state index in [-0.39, 0.29) is 5.91 Å². The minimum atomic E-state index is -0.111. The van der Waals surface area contributed by atoms with Crippen LogP contribution in [0.2, 0.25) is 5.02 Å². The highest BCUT2D eigenvalue weighted by atomic mass is 79.9. The SMILES string of the molecule is CC(C)CCCNC(=O)c1cc(Br)ccc1Cl. The van der Waals surface area contributed by atoms with Crippen LogP contribution in [0.3, 0.4) is 0 Å². The third kappa shape index (κ3) is 5.09. The van der Waals surface area contributed by atoms with Gasteiger partial charge in [-0.25, -0.2) is 0 Å². The molecule has 0 heterocycles. The van der Waals surface area contributed by atoms with Crippen molar-refractivity contribution in [3.8, 4) is 0 Å². The molecule has 0 atom stereocenters. The van der Waals surface area contributed by atoms with Gasteiger partial charge in [-0.15, -0.1) is 0 Å². The maximum Gasteiger partial charge on any atom is 0.252 e. The average molecular weight is 319 g/mol. The Balaban J connectivity index is 2.49. The molecule has 0 aromatic heterocycles. The molecule has 0 saturated carbocycles. The molecular weight excluding hydrogens is 302 g/mol. The molecular formula is C13H17BrClNO. The summed E-state index contributed by atoms with van der Waals surface area (Å²) in [5, 5.41) is 3.36. The summed E-state index contributed by atoms with van der Waals surface area (Å²) in [7, 11) is 0. The second kappa shape index (κ2) is 7.02. The molecule has 1 aromatic carbocycles. The van der Waals surface area contributed by atoms with E-state index in [2.05, 4.69) is 35.1 Å². The molecule has 4 heteroatoms. The fourth-order valence-electron chi connectivity index (χ4n) is 1.48. The van der Waals surface area contributed by atoms with E-state index in [1.807, 2.05) is 6.07 Å². The van der Waals surface area contributed by atoms with Gasteiger partial charge in [-0.2, -0.15) is 0 Å². The lowest BCUT2D eigenvalue weighted by Gasteiger charge is -2.08. The molecule has 94 valence electrons. The highest BCUT2D eigenvalue weighted by Crippen LogP contribution is 2.20. The molecule has 0 aliphatic rings. The molecule has 1 rings (SSSR count). The number of carbonyl (C=O) groups is 1. The first kappa shape index (κ1) is 14.5. The summed E-state index contributed by atoms with van der Waals surface area (Å²) in [6.07, 6.45) is 2.11. The molecule has 1 amide bonds. The van der Waals surface area contributed by atoms with E-state index in [1.165, 1.54) is 0 Å². The minimum Gasteiger partial charge on any atom is -0.352 e. The molecule has 0 radical (unpaired) electrons. The van der Waals surface area contributed by atoms with Crippen LogP contribution in [0.1, 0.15) is 37.0 Å². The maximum absolute atomic E-state index is 11.8. The Morgan fingerprint density at radius 2 is 2.18 bits per heavy atom. The van der Waals surface area contributed by atoms with Crippen LogP contribution in [0.4, 0.5) is 0 Å². The Hall–Kier alpha value is -0.540. The van der Waals surface area contributed by atoms with Gasteiger partial charge in [0, 0.05) is 11.0 Å². The zero-order valence-electron chi connectivity index (χ0n) is 10.1. The molecule has 0 bridgehead atoms. The van der Waals surface area contributed by atoms with Crippen molar-refractivity contribution in [2.45, 2.75) is 26.7 Å². The van der Waals surface area contributed by atoms with Crippen LogP contribution in [-0.4, -0.2) is 12.5 Å². The van der Waals surface area contributed by atoms with E-state index < -0.39 is 0 Å². The minimum absolute atomic E-state index is 0.111. The fraction of sp³-hybridized carbons (Fsp3) is 0.462. The van der Waals surface area contributed by atoms with Crippen LogP contribution in [0.5, 0.6) is 0 Å². The van der Waals surface area contributed by atoms with Gasteiger partial charge in [0.25, 0.3) is 5.91 Å². The molecule has 0 saturated heterocycles. The molecule has 0 aliphatic heterocycles. The monoisotopic (exact) mass is 317 g/mol. The van der Waals surface area contributed by atoms with E-state index in [4.69, 9.17) is 11.6 Å². The molecule has 0 unspecified atom stereocenters. The summed E-state index contributed by atoms with van der Waals surface area (Å²) in [4.78, 5) is 11.8. The van der Waals surface area contributed by atoms with Crippen molar-refractivity contribution in [2.75, 3.05) is 6.54 Å². The standard InChI is InChI=1S/C13H17BrClNO/c1-9(2)4-3-7-16-13(17)11-8-10(14)5-6-12(11)15/h5-6,8-9H,3-4,7H2,1-2H3,(H,16,17). The van der Waals surface area contributed by atoms with E-state index in [0.717, 1.165) is 17.3 Å². The van der Waals surface area contributed by atoms with Crippen molar-refractivity contribution in [3.63, 3.8) is 0 Å². The Morgan fingerprint density at radius 1 is 1.47 bits per heavy atom. The van der Waals surface area contributed by atoms with Crippen molar-refractivity contribution in [1.82, 2.24) is 5.32 Å². The Labute approximate surface area is 116 Å². The van der Waals surface area contributed by atoms with Crippen molar-refractivity contribution in [1.29, 1.82) is 0 Å². The van der Waals surface area contributed by atoms with E-state index in [9.17, 15) is 4.79 Å². The van der Waals surface area contributed by atoms with Crippen LogP contribution in [0, 0.1) is 5.92 Å². The predicted octanol–water partition coefficient (Wildman–Crippen LogP) is 4.27. The van der Waals surface area contributed by atoms with Crippen molar-refractivity contribution in [2.24, 2.45) is 5.92 Å². The summed E-state index contributed by atoms with van der Waals surface area (Å²) in [5.74, 6) is 0.557. The van der Waals surface area contributed by atoms with Gasteiger partial charge >= 0.3 is 0 Å². The van der Waals surface area contributed by atoms with Gasteiger partial charge in [0.2, 0.25) is 0 Å². The Bertz CT molecular complexity index is 393. The van der Waals surface area contributed by atoms with Gasteiger partial charge in [0.15, 0.2) is 0 Å². The summed E-state index contributed by atoms with van der Waals surface area (Å²) in [6, 6.07) is 5.27. The van der Waals surface area contributed by atoms with Crippen LogP contribution in [0.25, 0.3) is 0 Å². The Kier molecular flexibility index (Phi) is 6.00. The lowest BCUT2D eigenvalue weighted by atomic mass is 10.1. The van der Waals surface area contributed by atoms with Crippen molar-refractivity contribution in [3.05, 3.63) is 33.3 Å². The second-order valence-electron chi connectivity index (χ2n) is 4.42. The lowest BCUT2D eigenvalue weighted by Crippen LogP contribution is -2.25. The zero-order chi connectivity index (χ0) is 12.8.